The highest BCUT2D eigenvalue weighted by molar-refractivity contribution is 5.73. The molecule has 1 fully saturated rings. The van der Waals surface area contributed by atoms with E-state index in [9.17, 15) is 4.79 Å². The first-order valence-corrected chi connectivity index (χ1v) is 10.5. The van der Waals surface area contributed by atoms with Crippen molar-refractivity contribution in [2.75, 3.05) is 46.9 Å². The van der Waals surface area contributed by atoms with Gasteiger partial charge in [-0.15, -0.1) is 0 Å². The lowest BCUT2D eigenvalue weighted by Crippen LogP contribution is -2.40. The summed E-state index contributed by atoms with van der Waals surface area (Å²) in [6.45, 7) is 9.52. The fourth-order valence-corrected chi connectivity index (χ4v) is 4.09. The van der Waals surface area contributed by atoms with Gasteiger partial charge in [0.1, 0.15) is 11.5 Å². The Balaban J connectivity index is 1.58. The van der Waals surface area contributed by atoms with E-state index in [1.54, 1.807) is 14.2 Å². The number of methoxy groups -OCH3 is 2. The number of rotatable bonds is 10. The molecular formula is C22H37N3O3. The van der Waals surface area contributed by atoms with Gasteiger partial charge in [-0.25, -0.2) is 4.79 Å². The number of nitrogens with one attached hydrogen (secondary N) is 2. The Labute approximate surface area is 170 Å². The molecule has 6 nitrogen and oxygen atoms in total. The van der Waals surface area contributed by atoms with Crippen LogP contribution in [0.2, 0.25) is 0 Å². The first kappa shape index (κ1) is 22.3. The van der Waals surface area contributed by atoms with Crippen LogP contribution in [0.25, 0.3) is 0 Å². The minimum absolute atomic E-state index is 0.109. The molecule has 0 aliphatic carbocycles. The zero-order valence-corrected chi connectivity index (χ0v) is 17.9. The van der Waals surface area contributed by atoms with Crippen molar-refractivity contribution in [1.29, 1.82) is 0 Å². The van der Waals surface area contributed by atoms with E-state index in [1.807, 2.05) is 18.2 Å². The zero-order valence-electron chi connectivity index (χ0n) is 17.9. The number of likely N-dealkylation sites (tertiary alicyclic amines) is 1. The molecule has 0 radical (unpaired) electrons. The van der Waals surface area contributed by atoms with Gasteiger partial charge < -0.3 is 25.0 Å². The monoisotopic (exact) mass is 391 g/mol. The summed E-state index contributed by atoms with van der Waals surface area (Å²) in [4.78, 5) is 14.5. The molecule has 2 atom stereocenters. The molecule has 2 unspecified atom stereocenters. The van der Waals surface area contributed by atoms with E-state index in [0.29, 0.717) is 19.5 Å². The molecule has 1 aliphatic rings. The molecule has 0 spiro atoms. The van der Waals surface area contributed by atoms with Crippen LogP contribution in [0.1, 0.15) is 38.7 Å². The highest BCUT2D eigenvalue weighted by atomic mass is 16.5. The van der Waals surface area contributed by atoms with Gasteiger partial charge >= 0.3 is 6.03 Å². The number of carbonyl (C=O) groups excluding carboxylic acids is 1. The predicted molar refractivity (Wildman–Crippen MR) is 113 cm³/mol. The first-order chi connectivity index (χ1) is 13.5. The second-order valence-corrected chi connectivity index (χ2v) is 8.02. The second-order valence-electron chi connectivity index (χ2n) is 8.02. The predicted octanol–water partition coefficient (Wildman–Crippen LogP) is 3.30. The van der Waals surface area contributed by atoms with Crippen LogP contribution in [0.5, 0.6) is 11.5 Å². The van der Waals surface area contributed by atoms with Gasteiger partial charge in [-0.05, 0) is 67.8 Å². The van der Waals surface area contributed by atoms with E-state index < -0.39 is 0 Å². The molecule has 6 heteroatoms. The van der Waals surface area contributed by atoms with Gasteiger partial charge in [0, 0.05) is 26.2 Å². The lowest BCUT2D eigenvalue weighted by molar-refractivity contribution is 0.139. The lowest BCUT2D eigenvalue weighted by atomic mass is 9.92. The number of carbonyl (C=O) groups is 1. The van der Waals surface area contributed by atoms with E-state index in [0.717, 1.165) is 48.3 Å². The number of nitrogens with zero attached hydrogens (tertiary/aromatic N) is 1. The van der Waals surface area contributed by atoms with E-state index in [2.05, 4.69) is 29.4 Å². The second kappa shape index (κ2) is 11.8. The summed E-state index contributed by atoms with van der Waals surface area (Å²) in [5.74, 6) is 3.20. The number of ether oxygens (including phenoxy) is 2. The van der Waals surface area contributed by atoms with Crippen molar-refractivity contribution < 1.29 is 14.3 Å². The van der Waals surface area contributed by atoms with Gasteiger partial charge in [0.15, 0.2) is 0 Å². The fourth-order valence-electron chi connectivity index (χ4n) is 4.09. The quantitative estimate of drug-likeness (QED) is 0.601. The molecule has 2 N–H and O–H groups in total. The minimum atomic E-state index is -0.109. The van der Waals surface area contributed by atoms with E-state index in [1.165, 1.54) is 19.5 Å². The molecular weight excluding hydrogens is 354 g/mol. The maximum Gasteiger partial charge on any atom is 0.314 e. The van der Waals surface area contributed by atoms with E-state index in [-0.39, 0.29) is 6.03 Å². The highest BCUT2D eigenvalue weighted by Gasteiger charge is 2.20. The molecule has 0 saturated carbocycles. The Morgan fingerprint density at radius 2 is 1.79 bits per heavy atom. The number of piperidine rings is 1. The summed E-state index contributed by atoms with van der Waals surface area (Å²) < 4.78 is 10.6. The van der Waals surface area contributed by atoms with Crippen LogP contribution in [0.15, 0.2) is 18.2 Å². The number of unbranched alkanes of at least 4 members (excludes halogenated alkanes) is 1. The Kier molecular flexibility index (Phi) is 9.41. The van der Waals surface area contributed by atoms with Gasteiger partial charge in [-0.1, -0.05) is 13.8 Å². The highest BCUT2D eigenvalue weighted by Crippen LogP contribution is 2.24. The average Bonchev–Trinajstić information content (AvgIpc) is 2.66. The van der Waals surface area contributed by atoms with Crippen LogP contribution >= 0.6 is 0 Å². The standard InChI is InChI=1S/C22H37N3O3/c1-17-13-18(2)16-25(15-17)12-6-5-10-23-22(26)24-11-9-19-14-20(27-3)7-8-21(19)28-4/h7-8,14,17-18H,5-6,9-13,15-16H2,1-4H3,(H2,23,24,26). The summed E-state index contributed by atoms with van der Waals surface area (Å²) >= 11 is 0. The maximum absolute atomic E-state index is 12.0. The Bertz CT molecular complexity index is 599. The van der Waals surface area contributed by atoms with Gasteiger partial charge in [-0.3, -0.25) is 0 Å². The molecule has 0 aromatic heterocycles. The third-order valence-electron chi connectivity index (χ3n) is 5.30. The molecule has 1 aliphatic heterocycles. The van der Waals surface area contributed by atoms with Crippen LogP contribution < -0.4 is 20.1 Å². The molecule has 0 bridgehead atoms. The Morgan fingerprint density at radius 1 is 1.07 bits per heavy atom. The zero-order chi connectivity index (χ0) is 20.4. The summed E-state index contributed by atoms with van der Waals surface area (Å²) in [7, 11) is 3.29. The molecule has 1 heterocycles. The molecule has 158 valence electrons. The number of benzene rings is 1. The number of amides is 2. The smallest absolute Gasteiger partial charge is 0.314 e. The summed E-state index contributed by atoms with van der Waals surface area (Å²) in [5, 5.41) is 5.87. The molecule has 28 heavy (non-hydrogen) atoms. The summed E-state index contributed by atoms with van der Waals surface area (Å²) in [6, 6.07) is 5.59. The van der Waals surface area contributed by atoms with Gasteiger partial charge in [0.2, 0.25) is 0 Å². The van der Waals surface area contributed by atoms with Crippen molar-refractivity contribution in [3.8, 4) is 11.5 Å². The van der Waals surface area contributed by atoms with Crippen molar-refractivity contribution in [2.24, 2.45) is 11.8 Å². The van der Waals surface area contributed by atoms with E-state index in [4.69, 9.17) is 9.47 Å². The fraction of sp³-hybridized carbons (Fsp3) is 0.682. The largest absolute Gasteiger partial charge is 0.497 e. The summed E-state index contributed by atoms with van der Waals surface area (Å²) in [5.41, 5.74) is 1.02. The van der Waals surface area contributed by atoms with Crippen molar-refractivity contribution in [3.05, 3.63) is 23.8 Å². The van der Waals surface area contributed by atoms with E-state index >= 15 is 0 Å². The van der Waals surface area contributed by atoms with Crippen LogP contribution in [0.3, 0.4) is 0 Å². The molecule has 2 rings (SSSR count). The molecule has 1 aromatic carbocycles. The topological polar surface area (TPSA) is 62.8 Å². The molecule has 1 saturated heterocycles. The van der Waals surface area contributed by atoms with Crippen LogP contribution in [0, 0.1) is 11.8 Å². The van der Waals surface area contributed by atoms with Gasteiger partial charge in [-0.2, -0.15) is 0 Å². The third kappa shape index (κ3) is 7.58. The Hall–Kier alpha value is -1.95. The number of hydrogen-bond donors (Lipinski definition) is 2. The van der Waals surface area contributed by atoms with Crippen molar-refractivity contribution in [2.45, 2.75) is 39.5 Å². The SMILES string of the molecule is COc1ccc(OC)c(CCNC(=O)NCCCCN2CC(C)CC(C)C2)c1. The summed E-state index contributed by atoms with van der Waals surface area (Å²) in [6.07, 6.45) is 4.18. The normalized spacial score (nSPS) is 19.9. The lowest BCUT2D eigenvalue weighted by Gasteiger charge is -2.34. The van der Waals surface area contributed by atoms with Crippen molar-refractivity contribution >= 4 is 6.03 Å². The molecule has 1 aromatic rings. The minimum Gasteiger partial charge on any atom is -0.497 e. The van der Waals surface area contributed by atoms with Crippen molar-refractivity contribution in [3.63, 3.8) is 0 Å². The van der Waals surface area contributed by atoms with Crippen LogP contribution in [-0.2, 0) is 6.42 Å². The number of hydrogen-bond acceptors (Lipinski definition) is 4. The van der Waals surface area contributed by atoms with Crippen molar-refractivity contribution in [1.82, 2.24) is 15.5 Å². The van der Waals surface area contributed by atoms with Crippen LogP contribution in [0.4, 0.5) is 4.79 Å². The maximum atomic E-state index is 12.0. The average molecular weight is 392 g/mol. The first-order valence-electron chi connectivity index (χ1n) is 10.5. The van der Waals surface area contributed by atoms with Crippen LogP contribution in [-0.4, -0.2) is 57.9 Å². The van der Waals surface area contributed by atoms with Gasteiger partial charge in [0.25, 0.3) is 0 Å². The third-order valence-corrected chi connectivity index (χ3v) is 5.30. The Morgan fingerprint density at radius 3 is 2.46 bits per heavy atom. The molecule has 2 amide bonds. The van der Waals surface area contributed by atoms with Gasteiger partial charge in [0.05, 0.1) is 14.2 Å². The number of urea groups is 1.